The SMILES string of the molecule is C=CS(=O)(=O)C(=O)C(N)CC(C)C. The second-order valence-electron chi connectivity index (χ2n) is 3.27. The molecule has 0 aromatic heterocycles. The van der Waals surface area contributed by atoms with Gasteiger partial charge in [0.1, 0.15) is 0 Å². The topological polar surface area (TPSA) is 77.2 Å². The first-order valence-electron chi connectivity index (χ1n) is 3.98. The number of hydrogen-bond donors (Lipinski definition) is 1. The molecule has 0 aromatic carbocycles. The van der Waals surface area contributed by atoms with Crippen LogP contribution in [0.1, 0.15) is 20.3 Å². The molecule has 0 heterocycles. The fraction of sp³-hybridized carbons (Fsp3) is 0.625. The van der Waals surface area contributed by atoms with Crippen LogP contribution in [0, 0.1) is 5.92 Å². The minimum Gasteiger partial charge on any atom is -0.321 e. The van der Waals surface area contributed by atoms with Crippen molar-refractivity contribution in [3.63, 3.8) is 0 Å². The highest BCUT2D eigenvalue weighted by Crippen LogP contribution is 2.07. The molecule has 2 N–H and O–H groups in total. The third kappa shape index (κ3) is 3.69. The molecule has 0 saturated heterocycles. The molecule has 0 spiro atoms. The van der Waals surface area contributed by atoms with E-state index >= 15 is 0 Å². The van der Waals surface area contributed by atoms with Crippen LogP contribution in [0.3, 0.4) is 0 Å². The maximum atomic E-state index is 11.1. The van der Waals surface area contributed by atoms with Crippen molar-refractivity contribution in [3.05, 3.63) is 12.0 Å². The van der Waals surface area contributed by atoms with E-state index in [0.717, 1.165) is 0 Å². The molecule has 0 bridgehead atoms. The van der Waals surface area contributed by atoms with Crippen LogP contribution in [0.5, 0.6) is 0 Å². The van der Waals surface area contributed by atoms with Crippen molar-refractivity contribution in [2.75, 3.05) is 0 Å². The zero-order valence-corrected chi connectivity index (χ0v) is 8.67. The first-order valence-corrected chi connectivity index (χ1v) is 5.53. The molecule has 0 aliphatic carbocycles. The van der Waals surface area contributed by atoms with E-state index in [-0.39, 0.29) is 5.92 Å². The largest absolute Gasteiger partial charge is 0.321 e. The summed E-state index contributed by atoms with van der Waals surface area (Å²) >= 11 is 0. The Kier molecular flexibility index (Phi) is 4.29. The van der Waals surface area contributed by atoms with Crippen molar-refractivity contribution in [1.29, 1.82) is 0 Å². The lowest BCUT2D eigenvalue weighted by Gasteiger charge is -2.10. The van der Waals surface area contributed by atoms with Gasteiger partial charge in [0, 0.05) is 5.41 Å². The van der Waals surface area contributed by atoms with Gasteiger partial charge in [-0.05, 0) is 12.3 Å². The predicted octanol–water partition coefficient (Wildman–Crippen LogP) is 0.445. The fourth-order valence-electron chi connectivity index (χ4n) is 0.897. The zero-order valence-electron chi connectivity index (χ0n) is 7.86. The molecule has 5 heteroatoms. The summed E-state index contributed by atoms with van der Waals surface area (Å²) in [6.07, 6.45) is 0.367. The van der Waals surface area contributed by atoms with Gasteiger partial charge in [-0.15, -0.1) is 0 Å². The van der Waals surface area contributed by atoms with Gasteiger partial charge >= 0.3 is 0 Å². The molecule has 1 unspecified atom stereocenters. The average Bonchev–Trinajstić information content (AvgIpc) is 2.01. The highest BCUT2D eigenvalue weighted by molar-refractivity contribution is 8.08. The van der Waals surface area contributed by atoms with E-state index in [9.17, 15) is 13.2 Å². The second-order valence-corrected chi connectivity index (χ2v) is 5.09. The van der Waals surface area contributed by atoms with Crippen molar-refractivity contribution >= 4 is 15.0 Å². The Labute approximate surface area is 78.7 Å². The van der Waals surface area contributed by atoms with Gasteiger partial charge in [0.25, 0.3) is 5.12 Å². The van der Waals surface area contributed by atoms with Crippen LogP contribution in [-0.4, -0.2) is 19.6 Å². The normalized spacial score (nSPS) is 14.2. The van der Waals surface area contributed by atoms with Crippen molar-refractivity contribution in [2.24, 2.45) is 11.7 Å². The van der Waals surface area contributed by atoms with E-state index < -0.39 is 21.0 Å². The molecule has 0 radical (unpaired) electrons. The summed E-state index contributed by atoms with van der Waals surface area (Å²) in [5.41, 5.74) is 5.40. The molecule has 0 saturated carbocycles. The average molecular weight is 205 g/mol. The molecule has 4 nitrogen and oxygen atoms in total. The second kappa shape index (κ2) is 4.53. The summed E-state index contributed by atoms with van der Waals surface area (Å²) in [7, 11) is -3.84. The molecule has 0 aliphatic rings. The summed E-state index contributed by atoms with van der Waals surface area (Å²) in [4.78, 5) is 11.1. The Morgan fingerprint density at radius 1 is 1.54 bits per heavy atom. The Hall–Kier alpha value is -0.680. The van der Waals surface area contributed by atoms with Gasteiger partial charge in [-0.3, -0.25) is 4.79 Å². The van der Waals surface area contributed by atoms with Gasteiger partial charge in [0.2, 0.25) is 9.84 Å². The van der Waals surface area contributed by atoms with E-state index in [1.807, 2.05) is 13.8 Å². The van der Waals surface area contributed by atoms with E-state index in [4.69, 9.17) is 5.73 Å². The molecule has 0 aliphatic heterocycles. The summed E-state index contributed by atoms with van der Waals surface area (Å²) in [6, 6.07) is -0.942. The first-order chi connectivity index (χ1) is 5.81. The fourth-order valence-corrected chi connectivity index (χ4v) is 1.58. The summed E-state index contributed by atoms with van der Waals surface area (Å²) in [5.74, 6) is 0.193. The number of carbonyl (C=O) groups excluding carboxylic acids is 1. The summed E-state index contributed by atoms with van der Waals surface area (Å²) in [5, 5.41) is -0.314. The van der Waals surface area contributed by atoms with Gasteiger partial charge < -0.3 is 5.73 Å². The van der Waals surface area contributed by atoms with Crippen molar-refractivity contribution in [2.45, 2.75) is 26.3 Å². The third-order valence-corrected chi connectivity index (χ3v) is 2.83. The van der Waals surface area contributed by atoms with Crippen molar-refractivity contribution < 1.29 is 13.2 Å². The lowest BCUT2D eigenvalue weighted by atomic mass is 10.1. The van der Waals surface area contributed by atoms with E-state index in [1.165, 1.54) is 0 Å². The molecule has 0 aromatic rings. The van der Waals surface area contributed by atoms with Crippen LogP contribution in [-0.2, 0) is 14.6 Å². The maximum absolute atomic E-state index is 11.1. The van der Waals surface area contributed by atoms with Crippen LogP contribution in [0.25, 0.3) is 0 Å². The van der Waals surface area contributed by atoms with Crippen LogP contribution in [0.15, 0.2) is 12.0 Å². The van der Waals surface area contributed by atoms with Gasteiger partial charge in [-0.25, -0.2) is 8.42 Å². The highest BCUT2D eigenvalue weighted by atomic mass is 32.2. The van der Waals surface area contributed by atoms with Crippen LogP contribution in [0.4, 0.5) is 0 Å². The molecule has 13 heavy (non-hydrogen) atoms. The number of carbonyl (C=O) groups is 1. The predicted molar refractivity (Wildman–Crippen MR) is 51.6 cm³/mol. The van der Waals surface area contributed by atoms with Gasteiger partial charge in [0.05, 0.1) is 6.04 Å². The van der Waals surface area contributed by atoms with E-state index in [2.05, 4.69) is 6.58 Å². The standard InChI is InChI=1S/C8H15NO3S/c1-4-13(11,12)8(10)7(9)5-6(2)3/h4,6-7H,1,5,9H2,2-3H3. The molecular formula is C8H15NO3S. The van der Waals surface area contributed by atoms with E-state index in [1.54, 1.807) is 0 Å². The van der Waals surface area contributed by atoms with Crippen LogP contribution >= 0.6 is 0 Å². The Morgan fingerprint density at radius 2 is 2.00 bits per heavy atom. The first kappa shape index (κ1) is 12.3. The van der Waals surface area contributed by atoms with Crippen molar-refractivity contribution in [3.8, 4) is 0 Å². The third-order valence-electron chi connectivity index (χ3n) is 1.53. The molecule has 0 amide bonds. The summed E-state index contributed by atoms with van der Waals surface area (Å²) in [6.45, 7) is 6.79. The minimum absolute atomic E-state index is 0.193. The number of hydrogen-bond acceptors (Lipinski definition) is 4. The number of sulfone groups is 1. The smallest absolute Gasteiger partial charge is 0.267 e. The highest BCUT2D eigenvalue weighted by Gasteiger charge is 2.25. The number of rotatable bonds is 4. The Bertz CT molecular complexity index is 293. The van der Waals surface area contributed by atoms with E-state index in [0.29, 0.717) is 11.8 Å². The molecule has 76 valence electrons. The van der Waals surface area contributed by atoms with Crippen LogP contribution < -0.4 is 5.73 Å². The molecule has 1 atom stereocenters. The maximum Gasteiger partial charge on any atom is 0.267 e. The van der Waals surface area contributed by atoms with Crippen LogP contribution in [0.2, 0.25) is 0 Å². The minimum atomic E-state index is -3.84. The van der Waals surface area contributed by atoms with Gasteiger partial charge in [-0.1, -0.05) is 20.4 Å². The van der Waals surface area contributed by atoms with Gasteiger partial charge in [-0.2, -0.15) is 0 Å². The van der Waals surface area contributed by atoms with Gasteiger partial charge in [0.15, 0.2) is 0 Å². The lowest BCUT2D eigenvalue weighted by Crippen LogP contribution is -2.36. The quantitative estimate of drug-likeness (QED) is 0.722. The molecule has 0 fully saturated rings. The lowest BCUT2D eigenvalue weighted by molar-refractivity contribution is -0.113. The monoisotopic (exact) mass is 205 g/mol. The van der Waals surface area contributed by atoms with Crippen molar-refractivity contribution in [1.82, 2.24) is 0 Å². The zero-order chi connectivity index (χ0) is 10.6. The Balaban J connectivity index is 4.53. The summed E-state index contributed by atoms with van der Waals surface area (Å²) < 4.78 is 21.9. The molecular weight excluding hydrogens is 190 g/mol. The number of nitrogens with two attached hydrogens (primary N) is 1. The molecule has 0 rings (SSSR count). The Morgan fingerprint density at radius 3 is 2.31 bits per heavy atom.